The highest BCUT2D eigenvalue weighted by Gasteiger charge is 2.24. The highest BCUT2D eigenvalue weighted by Crippen LogP contribution is 2.48. The van der Waals surface area contributed by atoms with Crippen LogP contribution in [0.4, 0.5) is 0 Å². The quantitative estimate of drug-likeness (QED) is 0.195. The second-order valence-electron chi connectivity index (χ2n) is 12.8. The SMILES string of the molecule is c1ccc(-n2c3ccccc3c3cc(-c4ccc5c(c4)c4ccccc4n5-c4ncc5c6c(cccc46)-c4ccccc4-5)ccc32)cc1. The predicted octanol–water partition coefficient (Wildman–Crippen LogP) is 11.7. The van der Waals surface area contributed by atoms with Crippen molar-refractivity contribution in [3.05, 3.63) is 164 Å². The Bertz CT molecular complexity index is 2910. The monoisotopic (exact) mass is 609 g/mol. The van der Waals surface area contributed by atoms with Crippen molar-refractivity contribution in [3.63, 3.8) is 0 Å². The molecule has 0 spiro atoms. The smallest absolute Gasteiger partial charge is 0.145 e. The number of para-hydroxylation sites is 3. The van der Waals surface area contributed by atoms with Gasteiger partial charge in [0.05, 0.1) is 22.1 Å². The zero-order valence-electron chi connectivity index (χ0n) is 25.9. The molecule has 0 amide bonds. The molecule has 11 rings (SSSR count). The van der Waals surface area contributed by atoms with Gasteiger partial charge in [0.15, 0.2) is 0 Å². The van der Waals surface area contributed by atoms with Gasteiger partial charge in [-0.1, -0.05) is 109 Å². The molecular weight excluding hydrogens is 583 g/mol. The molecule has 0 saturated heterocycles. The van der Waals surface area contributed by atoms with Crippen molar-refractivity contribution < 1.29 is 0 Å². The molecular formula is C45H27N3. The van der Waals surface area contributed by atoms with Crippen LogP contribution < -0.4 is 0 Å². The van der Waals surface area contributed by atoms with E-state index in [1.807, 2.05) is 0 Å². The van der Waals surface area contributed by atoms with Crippen LogP contribution in [0.25, 0.3) is 99.3 Å². The van der Waals surface area contributed by atoms with Crippen LogP contribution >= 0.6 is 0 Å². The number of fused-ring (bicyclic) bond motifs is 9. The van der Waals surface area contributed by atoms with Crippen LogP contribution in [0.5, 0.6) is 0 Å². The Hall–Kier alpha value is -6.45. The summed E-state index contributed by atoms with van der Waals surface area (Å²) in [7, 11) is 0. The molecule has 48 heavy (non-hydrogen) atoms. The van der Waals surface area contributed by atoms with Gasteiger partial charge in [0, 0.05) is 49.8 Å². The molecule has 0 radical (unpaired) electrons. The predicted molar refractivity (Wildman–Crippen MR) is 200 cm³/mol. The van der Waals surface area contributed by atoms with E-state index in [-0.39, 0.29) is 0 Å². The largest absolute Gasteiger partial charge is 0.309 e. The molecule has 3 aromatic heterocycles. The fourth-order valence-electron chi connectivity index (χ4n) is 8.24. The van der Waals surface area contributed by atoms with E-state index in [9.17, 15) is 0 Å². The normalized spacial score (nSPS) is 12.2. The highest BCUT2D eigenvalue weighted by atomic mass is 15.1. The van der Waals surface area contributed by atoms with Crippen LogP contribution in [0, 0.1) is 0 Å². The van der Waals surface area contributed by atoms with Crippen LogP contribution in [0.2, 0.25) is 0 Å². The summed E-state index contributed by atoms with van der Waals surface area (Å²) in [6.45, 7) is 0. The maximum Gasteiger partial charge on any atom is 0.145 e. The second-order valence-corrected chi connectivity index (χ2v) is 12.8. The van der Waals surface area contributed by atoms with E-state index in [4.69, 9.17) is 4.98 Å². The number of benzene rings is 7. The molecule has 0 atom stereocenters. The first-order chi connectivity index (χ1) is 23.8. The molecule has 0 aliphatic heterocycles. The summed E-state index contributed by atoms with van der Waals surface area (Å²) >= 11 is 0. The van der Waals surface area contributed by atoms with Gasteiger partial charge in [-0.3, -0.25) is 4.57 Å². The number of rotatable bonds is 3. The minimum Gasteiger partial charge on any atom is -0.309 e. The molecule has 3 heteroatoms. The summed E-state index contributed by atoms with van der Waals surface area (Å²) in [4.78, 5) is 5.18. The fraction of sp³-hybridized carbons (Fsp3) is 0. The fourth-order valence-corrected chi connectivity index (χ4v) is 8.24. The Morgan fingerprint density at radius 2 is 0.875 bits per heavy atom. The molecule has 3 heterocycles. The first kappa shape index (κ1) is 25.7. The standard InChI is InChI=1S/C45H27N3/c1-2-11-30(12-3-1)47-40-19-8-6-15-33(40)37-25-28(21-23-42(37)47)29-22-24-43-38(26-29)34-16-7-9-20-41(34)48(43)45-36-18-10-17-35-31-13-4-5-14-32(31)39(27-46-45)44(35)36/h1-27H. The van der Waals surface area contributed by atoms with Crippen LogP contribution in [0.15, 0.2) is 164 Å². The van der Waals surface area contributed by atoms with Crippen LogP contribution in [0.1, 0.15) is 0 Å². The maximum absolute atomic E-state index is 5.18. The summed E-state index contributed by atoms with van der Waals surface area (Å²) in [5.74, 6) is 0.970. The minimum atomic E-state index is 0.970. The molecule has 222 valence electrons. The highest BCUT2D eigenvalue weighted by molar-refractivity contribution is 6.18. The zero-order valence-corrected chi connectivity index (χ0v) is 25.9. The first-order valence-corrected chi connectivity index (χ1v) is 16.5. The molecule has 0 saturated carbocycles. The Morgan fingerprint density at radius 1 is 0.354 bits per heavy atom. The van der Waals surface area contributed by atoms with Gasteiger partial charge in [-0.15, -0.1) is 0 Å². The van der Waals surface area contributed by atoms with Crippen molar-refractivity contribution in [2.24, 2.45) is 0 Å². The third-order valence-corrected chi connectivity index (χ3v) is 10.3. The van der Waals surface area contributed by atoms with E-state index in [1.165, 1.54) is 82.4 Å². The van der Waals surface area contributed by atoms with Crippen LogP contribution in [-0.4, -0.2) is 14.1 Å². The van der Waals surface area contributed by atoms with Crippen LogP contribution in [0.3, 0.4) is 0 Å². The Labute approximate surface area is 276 Å². The topological polar surface area (TPSA) is 22.8 Å². The van der Waals surface area contributed by atoms with E-state index >= 15 is 0 Å². The van der Waals surface area contributed by atoms with E-state index in [0.717, 1.165) is 16.9 Å². The van der Waals surface area contributed by atoms with Gasteiger partial charge >= 0.3 is 0 Å². The first-order valence-electron chi connectivity index (χ1n) is 16.5. The molecule has 0 bridgehead atoms. The van der Waals surface area contributed by atoms with Crippen molar-refractivity contribution in [1.82, 2.24) is 14.1 Å². The Morgan fingerprint density at radius 3 is 1.58 bits per heavy atom. The van der Waals surface area contributed by atoms with Crippen LogP contribution in [-0.2, 0) is 0 Å². The average molecular weight is 610 g/mol. The van der Waals surface area contributed by atoms with Crippen molar-refractivity contribution in [1.29, 1.82) is 0 Å². The molecule has 7 aromatic carbocycles. The third-order valence-electron chi connectivity index (χ3n) is 10.3. The van der Waals surface area contributed by atoms with Gasteiger partial charge < -0.3 is 4.57 Å². The van der Waals surface area contributed by atoms with E-state index in [2.05, 4.69) is 173 Å². The number of pyridine rings is 1. The summed E-state index contributed by atoms with van der Waals surface area (Å²) < 4.78 is 4.73. The lowest BCUT2D eigenvalue weighted by Gasteiger charge is -2.12. The lowest BCUT2D eigenvalue weighted by Crippen LogP contribution is -1.99. The molecule has 3 nitrogen and oxygen atoms in total. The molecule has 10 aromatic rings. The van der Waals surface area contributed by atoms with Gasteiger partial charge in [0.25, 0.3) is 0 Å². The molecule has 1 aliphatic carbocycles. The molecule has 1 aliphatic rings. The van der Waals surface area contributed by atoms with Crippen molar-refractivity contribution >= 4 is 54.4 Å². The van der Waals surface area contributed by atoms with E-state index < -0.39 is 0 Å². The summed E-state index contributed by atoms with van der Waals surface area (Å²) in [5, 5.41) is 7.43. The number of nitrogens with zero attached hydrogens (tertiary/aromatic N) is 3. The minimum absolute atomic E-state index is 0.970. The van der Waals surface area contributed by atoms with E-state index in [1.54, 1.807) is 0 Å². The lowest BCUT2D eigenvalue weighted by atomic mass is 10.0. The number of hydrogen-bond acceptors (Lipinski definition) is 1. The Kier molecular flexibility index (Phi) is 5.11. The average Bonchev–Trinajstić information content (AvgIpc) is 3.78. The van der Waals surface area contributed by atoms with Crippen molar-refractivity contribution in [2.75, 3.05) is 0 Å². The Balaban J connectivity index is 1.13. The lowest BCUT2D eigenvalue weighted by molar-refractivity contribution is 1.10. The van der Waals surface area contributed by atoms with Gasteiger partial charge in [-0.2, -0.15) is 0 Å². The number of hydrogen-bond donors (Lipinski definition) is 0. The maximum atomic E-state index is 5.18. The van der Waals surface area contributed by atoms with Gasteiger partial charge in [-0.25, -0.2) is 4.98 Å². The number of aromatic nitrogens is 3. The zero-order chi connectivity index (χ0) is 31.3. The molecule has 0 fully saturated rings. The van der Waals surface area contributed by atoms with E-state index in [0.29, 0.717) is 0 Å². The second kappa shape index (κ2) is 9.54. The van der Waals surface area contributed by atoms with Gasteiger partial charge in [-0.05, 0) is 76.3 Å². The third kappa shape index (κ3) is 3.40. The molecule has 0 unspecified atom stereocenters. The van der Waals surface area contributed by atoms with Crippen molar-refractivity contribution in [3.8, 4) is 44.9 Å². The molecule has 0 N–H and O–H groups in total. The summed E-state index contributed by atoms with van der Waals surface area (Å²) in [6.07, 6.45) is 2.07. The summed E-state index contributed by atoms with van der Waals surface area (Å²) in [6, 6.07) is 57.2. The van der Waals surface area contributed by atoms with Gasteiger partial charge in [0.1, 0.15) is 5.82 Å². The van der Waals surface area contributed by atoms with Crippen molar-refractivity contribution in [2.45, 2.75) is 0 Å². The van der Waals surface area contributed by atoms with Gasteiger partial charge in [0.2, 0.25) is 0 Å². The summed E-state index contributed by atoms with van der Waals surface area (Å²) in [5.41, 5.74) is 13.4.